The van der Waals surface area contributed by atoms with Gasteiger partial charge in [-0.25, -0.2) is 9.78 Å². The van der Waals surface area contributed by atoms with E-state index >= 15 is 0 Å². The molecule has 2 bridgehead atoms. The van der Waals surface area contributed by atoms with E-state index < -0.39 is 23.6 Å². The second-order valence-electron chi connectivity index (χ2n) is 18.7. The highest BCUT2D eigenvalue weighted by Crippen LogP contribution is 2.69. The van der Waals surface area contributed by atoms with Crippen molar-refractivity contribution in [3.63, 3.8) is 0 Å². The van der Waals surface area contributed by atoms with Crippen molar-refractivity contribution in [2.24, 2.45) is 70.0 Å². The fraction of sp³-hybridized carbons (Fsp3) is 0.974. The number of aliphatic hydroxyl groups is 1. The first kappa shape index (κ1) is 33.4. The summed E-state index contributed by atoms with van der Waals surface area (Å²) in [5.74, 6) is 2.72. The number of aliphatic carboxylic acids is 1. The van der Waals surface area contributed by atoms with E-state index in [0.717, 1.165) is 51.4 Å². The molecule has 4 aliphatic heterocycles. The third kappa shape index (κ3) is 4.98. The van der Waals surface area contributed by atoms with Crippen LogP contribution in [0.4, 0.5) is 0 Å². The van der Waals surface area contributed by atoms with Crippen LogP contribution < -0.4 is 0 Å². The molecular formula is C39H62O8. The molecule has 266 valence electrons. The summed E-state index contributed by atoms with van der Waals surface area (Å²) in [6.07, 6.45) is 12.9. The van der Waals surface area contributed by atoms with Gasteiger partial charge in [-0.15, -0.1) is 0 Å². The molecule has 0 unspecified atom stereocenters. The molecule has 9 fully saturated rings. The van der Waals surface area contributed by atoms with Crippen molar-refractivity contribution in [1.29, 1.82) is 0 Å². The fourth-order valence-corrected chi connectivity index (χ4v) is 14.1. The molecule has 2 N–H and O–H groups in total. The van der Waals surface area contributed by atoms with E-state index in [1.807, 2.05) is 6.92 Å². The van der Waals surface area contributed by atoms with Gasteiger partial charge >= 0.3 is 5.97 Å². The van der Waals surface area contributed by atoms with E-state index in [0.29, 0.717) is 47.3 Å². The predicted molar refractivity (Wildman–Crippen MR) is 174 cm³/mol. The van der Waals surface area contributed by atoms with Gasteiger partial charge in [-0.2, -0.15) is 0 Å². The van der Waals surface area contributed by atoms with Crippen molar-refractivity contribution in [2.45, 2.75) is 168 Å². The molecule has 4 heterocycles. The van der Waals surface area contributed by atoms with Gasteiger partial charge in [0.15, 0.2) is 18.2 Å². The van der Waals surface area contributed by atoms with Crippen LogP contribution in [0.1, 0.15) is 131 Å². The SMILES string of the molecule is C[C@H]1[C@@H](O[C@@H]2CC[C@@]3(C)[C@@H](C2)C[C@H](O)[C@@H]2[C@@H]3CC[C@]3(C)[C@@H]([C@H](C)CCC(=O)O)CC[C@@H]23)O[C@@H]2O[C@]3(C)CC[C@H]4[C@H](C)CC[C@@H]1[C@@]24OO3. The minimum absolute atomic E-state index is 0.118. The van der Waals surface area contributed by atoms with Gasteiger partial charge in [-0.1, -0.05) is 34.6 Å². The van der Waals surface area contributed by atoms with Gasteiger partial charge in [-0.3, -0.25) is 4.79 Å². The summed E-state index contributed by atoms with van der Waals surface area (Å²) in [6, 6.07) is 0. The van der Waals surface area contributed by atoms with Gasteiger partial charge in [0.25, 0.3) is 0 Å². The summed E-state index contributed by atoms with van der Waals surface area (Å²) in [4.78, 5) is 23.7. The molecule has 0 aromatic rings. The molecule has 0 aromatic heterocycles. The smallest absolute Gasteiger partial charge is 0.303 e. The first-order valence-corrected chi connectivity index (χ1v) is 19.5. The maximum atomic E-state index is 11.9. The highest BCUT2D eigenvalue weighted by atomic mass is 17.3. The van der Waals surface area contributed by atoms with Crippen molar-refractivity contribution < 1.29 is 39.0 Å². The molecule has 9 aliphatic rings. The van der Waals surface area contributed by atoms with Crippen LogP contribution in [0.25, 0.3) is 0 Å². The average Bonchev–Trinajstić information content (AvgIpc) is 3.22. The minimum atomic E-state index is -0.782. The van der Waals surface area contributed by atoms with Crippen LogP contribution in [-0.2, 0) is 28.8 Å². The van der Waals surface area contributed by atoms with Gasteiger partial charge in [-0.05, 0) is 142 Å². The second kappa shape index (κ2) is 11.6. The third-order valence-corrected chi connectivity index (χ3v) is 16.6. The summed E-state index contributed by atoms with van der Waals surface area (Å²) < 4.78 is 20.4. The van der Waals surface area contributed by atoms with Crippen molar-refractivity contribution in [3.05, 3.63) is 0 Å². The van der Waals surface area contributed by atoms with E-state index in [4.69, 9.17) is 24.0 Å². The van der Waals surface area contributed by atoms with E-state index in [9.17, 15) is 15.0 Å². The number of carboxylic acid groups (broad SMARTS) is 1. The number of carbonyl (C=O) groups is 1. The lowest BCUT2D eigenvalue weighted by Gasteiger charge is -2.63. The molecule has 9 rings (SSSR count). The largest absolute Gasteiger partial charge is 0.481 e. The number of hydrogen-bond acceptors (Lipinski definition) is 7. The predicted octanol–water partition coefficient (Wildman–Crippen LogP) is 7.71. The van der Waals surface area contributed by atoms with Crippen LogP contribution in [0.3, 0.4) is 0 Å². The highest BCUT2D eigenvalue weighted by Gasteiger charge is 2.70. The zero-order chi connectivity index (χ0) is 33.1. The molecule has 5 saturated carbocycles. The molecule has 1 spiro atoms. The first-order valence-electron chi connectivity index (χ1n) is 19.5. The zero-order valence-corrected chi connectivity index (χ0v) is 29.8. The van der Waals surface area contributed by atoms with Gasteiger partial charge in [0.1, 0.15) is 0 Å². The number of hydrogen-bond donors (Lipinski definition) is 2. The second-order valence-corrected chi connectivity index (χ2v) is 18.7. The number of carboxylic acids is 1. The normalized spacial score (nSPS) is 57.2. The standard InChI is InChI=1S/C39H62O8/c1-21(8-12-32(41)42)26-10-11-29-33-30(14-17-37(26,29)5)36(4)16-13-25(19-24(36)20-31(33)40)43-34-23(3)28-9-7-22(2)27-15-18-38(6)45-35(44-34)39(27,28)47-46-38/h21-31,33-35,40H,7-20H2,1-6H3,(H,41,42)/t21-,22-,23-,24+,25-,26-,27+,28+,29+,30+,31+,33+,34+,35-,36+,37-,38+,39-/m1/s1. The Bertz CT molecular complexity index is 1210. The highest BCUT2D eigenvalue weighted by molar-refractivity contribution is 5.66. The molecular weight excluding hydrogens is 596 g/mol. The van der Waals surface area contributed by atoms with E-state index in [1.54, 1.807) is 0 Å². The maximum Gasteiger partial charge on any atom is 0.303 e. The summed E-state index contributed by atoms with van der Waals surface area (Å²) in [5.41, 5.74) is -0.142. The molecule has 47 heavy (non-hydrogen) atoms. The van der Waals surface area contributed by atoms with Gasteiger partial charge in [0.05, 0.1) is 12.2 Å². The van der Waals surface area contributed by atoms with Crippen LogP contribution in [-0.4, -0.2) is 52.4 Å². The third-order valence-electron chi connectivity index (χ3n) is 16.6. The molecule has 8 nitrogen and oxygen atoms in total. The Kier molecular flexibility index (Phi) is 8.26. The molecule has 8 heteroatoms. The van der Waals surface area contributed by atoms with Gasteiger partial charge < -0.3 is 24.4 Å². The Labute approximate surface area is 282 Å². The summed E-state index contributed by atoms with van der Waals surface area (Å²) in [6.45, 7) is 13.9. The maximum absolute atomic E-state index is 11.9. The quantitative estimate of drug-likeness (QED) is 0.221. The molecule has 18 atom stereocenters. The van der Waals surface area contributed by atoms with Crippen LogP contribution >= 0.6 is 0 Å². The monoisotopic (exact) mass is 658 g/mol. The van der Waals surface area contributed by atoms with Crippen molar-refractivity contribution in [3.8, 4) is 0 Å². The Morgan fingerprint density at radius 1 is 0.872 bits per heavy atom. The Hall–Kier alpha value is -0.770. The summed E-state index contributed by atoms with van der Waals surface area (Å²) in [5, 5.41) is 21.3. The Balaban J connectivity index is 0.961. The minimum Gasteiger partial charge on any atom is -0.481 e. The fourth-order valence-electron chi connectivity index (χ4n) is 14.1. The number of fused-ring (bicyclic) bond motifs is 7. The molecule has 5 aliphatic carbocycles. The number of rotatable bonds is 6. The van der Waals surface area contributed by atoms with Crippen molar-refractivity contribution in [1.82, 2.24) is 0 Å². The average molecular weight is 659 g/mol. The van der Waals surface area contributed by atoms with Crippen LogP contribution in [0.15, 0.2) is 0 Å². The molecule has 0 aromatic carbocycles. The van der Waals surface area contributed by atoms with E-state index in [2.05, 4.69) is 34.6 Å². The lowest BCUT2D eigenvalue weighted by atomic mass is 9.43. The van der Waals surface area contributed by atoms with Crippen molar-refractivity contribution in [2.75, 3.05) is 0 Å². The Morgan fingerprint density at radius 3 is 2.38 bits per heavy atom. The molecule has 0 amide bonds. The number of aliphatic hydroxyl groups excluding tert-OH is 1. The van der Waals surface area contributed by atoms with Gasteiger partial charge in [0.2, 0.25) is 5.79 Å². The summed E-state index contributed by atoms with van der Waals surface area (Å²) in [7, 11) is 0. The first-order chi connectivity index (χ1) is 22.3. The van der Waals surface area contributed by atoms with E-state index in [1.165, 1.54) is 32.1 Å². The zero-order valence-electron chi connectivity index (χ0n) is 29.8. The van der Waals surface area contributed by atoms with Crippen LogP contribution in [0, 0.1) is 70.0 Å². The van der Waals surface area contributed by atoms with Crippen LogP contribution in [0.5, 0.6) is 0 Å². The summed E-state index contributed by atoms with van der Waals surface area (Å²) >= 11 is 0. The molecule has 0 radical (unpaired) electrons. The van der Waals surface area contributed by atoms with E-state index in [-0.39, 0.29) is 47.6 Å². The lowest BCUT2D eigenvalue weighted by molar-refractivity contribution is -0.578. The van der Waals surface area contributed by atoms with Crippen molar-refractivity contribution >= 4 is 5.97 Å². The Morgan fingerprint density at radius 2 is 1.60 bits per heavy atom. The molecule has 4 saturated heterocycles. The topological polar surface area (TPSA) is 104 Å². The van der Waals surface area contributed by atoms with Crippen LogP contribution in [0.2, 0.25) is 0 Å². The number of ether oxygens (including phenoxy) is 3. The lowest BCUT2D eigenvalue weighted by Crippen LogP contribution is -2.70. The van der Waals surface area contributed by atoms with Gasteiger partial charge in [0, 0.05) is 24.7 Å².